The molecule has 1 unspecified atom stereocenters. The Balaban J connectivity index is 2.20. The second-order valence-corrected chi connectivity index (χ2v) is 6.16. The van der Waals surface area contributed by atoms with Gasteiger partial charge in [0.05, 0.1) is 11.0 Å². The predicted octanol–water partition coefficient (Wildman–Crippen LogP) is 5.44. The molecule has 21 heavy (non-hydrogen) atoms. The molecule has 0 radical (unpaired) electrons. The molecule has 3 rings (SSSR count). The van der Waals surface area contributed by atoms with Gasteiger partial charge in [-0.2, -0.15) is 0 Å². The van der Waals surface area contributed by atoms with Crippen molar-refractivity contribution < 1.29 is 4.39 Å². The van der Waals surface area contributed by atoms with Crippen molar-refractivity contribution in [3.8, 4) is 0 Å². The molecular formula is C17H16BrFN2. The summed E-state index contributed by atoms with van der Waals surface area (Å²) in [6, 6.07) is 15.3. The predicted molar refractivity (Wildman–Crippen MR) is 87.2 cm³/mol. The summed E-state index contributed by atoms with van der Waals surface area (Å²) in [6.45, 7) is 4.09. The molecule has 1 heterocycles. The third-order valence-corrected chi connectivity index (χ3v) is 4.27. The van der Waals surface area contributed by atoms with Gasteiger partial charge in [-0.15, -0.1) is 0 Å². The first-order valence-electron chi connectivity index (χ1n) is 6.95. The molecule has 2 nitrogen and oxygen atoms in total. The number of aromatic nitrogens is 2. The van der Waals surface area contributed by atoms with Crippen LogP contribution >= 0.6 is 15.9 Å². The van der Waals surface area contributed by atoms with Crippen molar-refractivity contribution >= 4 is 27.0 Å². The second-order valence-electron chi connectivity index (χ2n) is 5.31. The van der Waals surface area contributed by atoms with Gasteiger partial charge >= 0.3 is 0 Å². The smallest absolute Gasteiger partial charge is 0.184 e. The van der Waals surface area contributed by atoms with Gasteiger partial charge in [0.15, 0.2) is 6.17 Å². The van der Waals surface area contributed by atoms with Crippen molar-refractivity contribution in [3.05, 3.63) is 64.4 Å². The van der Waals surface area contributed by atoms with E-state index in [1.54, 1.807) is 6.07 Å². The topological polar surface area (TPSA) is 17.8 Å². The van der Waals surface area contributed by atoms with Gasteiger partial charge in [-0.25, -0.2) is 9.37 Å². The van der Waals surface area contributed by atoms with E-state index in [2.05, 4.69) is 20.9 Å². The van der Waals surface area contributed by atoms with E-state index in [0.717, 1.165) is 15.5 Å². The number of para-hydroxylation sites is 2. The Kier molecular flexibility index (Phi) is 3.81. The third kappa shape index (κ3) is 2.48. The van der Waals surface area contributed by atoms with Crippen LogP contribution in [0.25, 0.3) is 11.0 Å². The Bertz CT molecular complexity index is 779. The van der Waals surface area contributed by atoms with Crippen molar-refractivity contribution in [2.24, 2.45) is 0 Å². The molecule has 0 saturated carbocycles. The number of nitrogens with zero attached hydrogens (tertiary/aromatic N) is 2. The van der Waals surface area contributed by atoms with Crippen LogP contribution in [0.2, 0.25) is 0 Å². The number of hydrogen-bond donors (Lipinski definition) is 0. The number of halogens is 2. The molecule has 0 aliphatic heterocycles. The Hall–Kier alpha value is -1.68. The lowest BCUT2D eigenvalue weighted by molar-refractivity contribution is 0.364. The van der Waals surface area contributed by atoms with Crippen molar-refractivity contribution in [2.45, 2.75) is 26.1 Å². The molecule has 0 amide bonds. The van der Waals surface area contributed by atoms with Gasteiger partial charge < -0.3 is 4.57 Å². The first kappa shape index (κ1) is 14.3. The highest BCUT2D eigenvalue weighted by Gasteiger charge is 2.24. The van der Waals surface area contributed by atoms with Crippen molar-refractivity contribution in [3.63, 3.8) is 0 Å². The lowest BCUT2D eigenvalue weighted by Gasteiger charge is -2.16. The highest BCUT2D eigenvalue weighted by Crippen LogP contribution is 2.34. The Morgan fingerprint density at radius 1 is 1.05 bits per heavy atom. The molecule has 0 N–H and O–H groups in total. The fourth-order valence-electron chi connectivity index (χ4n) is 2.60. The Morgan fingerprint density at radius 3 is 2.43 bits per heavy atom. The molecule has 0 aliphatic carbocycles. The van der Waals surface area contributed by atoms with Crippen LogP contribution in [0.15, 0.2) is 53.0 Å². The molecule has 1 atom stereocenters. The molecule has 4 heteroatoms. The van der Waals surface area contributed by atoms with Crippen LogP contribution < -0.4 is 0 Å². The average Bonchev–Trinajstić information content (AvgIpc) is 2.86. The second kappa shape index (κ2) is 5.60. The fourth-order valence-corrected chi connectivity index (χ4v) is 3.09. The Labute approximate surface area is 131 Å². The number of benzene rings is 2. The third-order valence-electron chi connectivity index (χ3n) is 3.54. The van der Waals surface area contributed by atoms with Crippen LogP contribution in [0.1, 0.15) is 37.4 Å². The van der Waals surface area contributed by atoms with Crippen LogP contribution in [-0.4, -0.2) is 9.55 Å². The molecule has 108 valence electrons. The Morgan fingerprint density at radius 2 is 1.71 bits per heavy atom. The SMILES string of the molecule is CC(C)n1c(C(F)c2ccccc2Br)nc2ccccc21. The van der Waals surface area contributed by atoms with Gasteiger partial charge in [0, 0.05) is 16.1 Å². The summed E-state index contributed by atoms with van der Waals surface area (Å²) in [5, 5.41) is 0. The quantitative estimate of drug-likeness (QED) is 0.617. The monoisotopic (exact) mass is 346 g/mol. The summed E-state index contributed by atoms with van der Waals surface area (Å²) in [6.07, 6.45) is -1.25. The molecule has 2 aromatic carbocycles. The van der Waals surface area contributed by atoms with E-state index >= 15 is 4.39 Å². The number of rotatable bonds is 3. The molecular weight excluding hydrogens is 331 g/mol. The molecule has 0 spiro atoms. The summed E-state index contributed by atoms with van der Waals surface area (Å²) in [5.74, 6) is 0.457. The maximum absolute atomic E-state index is 15.1. The fraction of sp³-hybridized carbons (Fsp3) is 0.235. The number of hydrogen-bond acceptors (Lipinski definition) is 1. The maximum atomic E-state index is 15.1. The van der Waals surface area contributed by atoms with Crippen LogP contribution in [0.3, 0.4) is 0 Å². The van der Waals surface area contributed by atoms with Crippen LogP contribution in [0, 0.1) is 0 Å². The summed E-state index contributed by atoms with van der Waals surface area (Å²) >= 11 is 3.42. The molecule has 0 bridgehead atoms. The zero-order chi connectivity index (χ0) is 15.0. The van der Waals surface area contributed by atoms with E-state index in [4.69, 9.17) is 0 Å². The lowest BCUT2D eigenvalue weighted by atomic mass is 10.1. The highest BCUT2D eigenvalue weighted by atomic mass is 79.9. The first-order chi connectivity index (χ1) is 10.1. The minimum atomic E-state index is -1.25. The van der Waals surface area contributed by atoms with Crippen LogP contribution in [-0.2, 0) is 0 Å². The maximum Gasteiger partial charge on any atom is 0.184 e. The minimum absolute atomic E-state index is 0.146. The zero-order valence-corrected chi connectivity index (χ0v) is 13.5. The number of imidazole rings is 1. The van der Waals surface area contributed by atoms with Crippen LogP contribution in [0.4, 0.5) is 4.39 Å². The van der Waals surface area contributed by atoms with Gasteiger partial charge in [0.2, 0.25) is 0 Å². The highest BCUT2D eigenvalue weighted by molar-refractivity contribution is 9.10. The minimum Gasteiger partial charge on any atom is -0.323 e. The van der Waals surface area contributed by atoms with Crippen molar-refractivity contribution in [2.75, 3.05) is 0 Å². The van der Waals surface area contributed by atoms with Crippen molar-refractivity contribution in [1.29, 1.82) is 0 Å². The average molecular weight is 347 g/mol. The van der Waals surface area contributed by atoms with E-state index in [0.29, 0.717) is 11.4 Å². The molecule has 0 saturated heterocycles. The summed E-state index contributed by atoms with van der Waals surface area (Å²) in [4.78, 5) is 4.52. The van der Waals surface area contributed by atoms with Gasteiger partial charge in [0.1, 0.15) is 5.82 Å². The zero-order valence-electron chi connectivity index (χ0n) is 11.9. The first-order valence-corrected chi connectivity index (χ1v) is 7.74. The molecule has 0 fully saturated rings. The number of alkyl halides is 1. The number of fused-ring (bicyclic) bond motifs is 1. The van der Waals surface area contributed by atoms with Gasteiger partial charge in [-0.3, -0.25) is 0 Å². The van der Waals surface area contributed by atoms with E-state index in [1.165, 1.54) is 0 Å². The standard InChI is InChI=1S/C17H16BrFN2/c1-11(2)21-15-10-6-5-9-14(15)20-17(21)16(19)12-7-3-4-8-13(12)18/h3-11,16H,1-2H3. The van der Waals surface area contributed by atoms with Gasteiger partial charge in [-0.1, -0.05) is 46.3 Å². The normalized spacial score (nSPS) is 13.0. The summed E-state index contributed by atoms with van der Waals surface area (Å²) in [5.41, 5.74) is 2.41. The van der Waals surface area contributed by atoms with E-state index in [1.807, 2.05) is 60.9 Å². The molecule has 1 aromatic heterocycles. The van der Waals surface area contributed by atoms with Crippen molar-refractivity contribution in [1.82, 2.24) is 9.55 Å². The summed E-state index contributed by atoms with van der Waals surface area (Å²) < 4.78 is 17.8. The van der Waals surface area contributed by atoms with Crippen LogP contribution in [0.5, 0.6) is 0 Å². The largest absolute Gasteiger partial charge is 0.323 e. The van der Waals surface area contributed by atoms with Gasteiger partial charge in [-0.05, 0) is 32.0 Å². The van der Waals surface area contributed by atoms with E-state index < -0.39 is 6.17 Å². The summed E-state index contributed by atoms with van der Waals surface area (Å²) in [7, 11) is 0. The molecule has 0 aliphatic rings. The van der Waals surface area contributed by atoms with Gasteiger partial charge in [0.25, 0.3) is 0 Å². The molecule has 3 aromatic rings. The van der Waals surface area contributed by atoms with E-state index in [9.17, 15) is 0 Å². The van der Waals surface area contributed by atoms with E-state index in [-0.39, 0.29) is 6.04 Å². The lowest BCUT2D eigenvalue weighted by Crippen LogP contribution is -2.09.